The Kier molecular flexibility index (Phi) is 3.89. The van der Waals surface area contributed by atoms with E-state index >= 15 is 0 Å². The molecule has 1 saturated carbocycles. The minimum atomic E-state index is 0.0995. The van der Waals surface area contributed by atoms with Gasteiger partial charge < -0.3 is 0 Å². The van der Waals surface area contributed by atoms with Crippen molar-refractivity contribution in [2.45, 2.75) is 44.7 Å². The number of hydrogen-bond donors (Lipinski definition) is 1. The fraction of sp³-hybridized carbons (Fsp3) is 0.538. The van der Waals surface area contributed by atoms with Gasteiger partial charge in [0.25, 0.3) is 0 Å². The molecule has 1 fully saturated rings. The molecule has 1 atom stereocenters. The average Bonchev–Trinajstić information content (AvgIpc) is 2.89. The Morgan fingerprint density at radius 2 is 2.16 bits per heavy atom. The Hall–Kier alpha value is -0.490. The van der Waals surface area contributed by atoms with Crippen molar-refractivity contribution in [1.29, 1.82) is 0 Å². The van der Waals surface area contributed by atoms with Crippen LogP contribution in [0.3, 0.4) is 0 Å². The van der Waals surface area contributed by atoms with Crippen LogP contribution in [0.1, 0.15) is 54.4 Å². The van der Waals surface area contributed by atoms with Crippen LogP contribution >= 0.6 is 34.3 Å². The van der Waals surface area contributed by atoms with E-state index in [1.807, 2.05) is 0 Å². The molecule has 0 saturated heterocycles. The summed E-state index contributed by atoms with van der Waals surface area (Å²) in [5.74, 6) is 0.464. The van der Waals surface area contributed by atoms with Crippen molar-refractivity contribution in [1.82, 2.24) is 15.3 Å². The second-order valence-electron chi connectivity index (χ2n) is 5.14. The van der Waals surface area contributed by atoms with E-state index in [0.29, 0.717) is 12.0 Å². The molecule has 1 aliphatic rings. The van der Waals surface area contributed by atoms with E-state index < -0.39 is 0 Å². The minimum Gasteiger partial charge on any atom is -0.299 e. The summed E-state index contributed by atoms with van der Waals surface area (Å²) in [5.41, 5.74) is 1.16. The van der Waals surface area contributed by atoms with E-state index in [2.05, 4.69) is 29.5 Å². The van der Waals surface area contributed by atoms with Gasteiger partial charge in [0.1, 0.15) is 20.4 Å². The Morgan fingerprint density at radius 1 is 1.37 bits per heavy atom. The summed E-state index contributed by atoms with van der Waals surface area (Å²) in [5, 5.41) is 7.89. The van der Waals surface area contributed by atoms with Crippen LogP contribution in [0, 0.1) is 0 Å². The summed E-state index contributed by atoms with van der Waals surface area (Å²) in [4.78, 5) is 9.17. The molecule has 0 aliphatic heterocycles. The van der Waals surface area contributed by atoms with Crippen LogP contribution in [0.5, 0.6) is 0 Å². The smallest absolute Gasteiger partial charge is 0.118 e. The van der Waals surface area contributed by atoms with Crippen molar-refractivity contribution >= 4 is 34.3 Å². The number of nitrogens with one attached hydrogen (secondary N) is 1. The number of thiazole rings is 2. The lowest BCUT2D eigenvalue weighted by molar-refractivity contribution is 0.592. The zero-order valence-corrected chi connectivity index (χ0v) is 13.3. The van der Waals surface area contributed by atoms with E-state index in [4.69, 9.17) is 16.6 Å². The lowest BCUT2D eigenvalue weighted by Crippen LogP contribution is -2.24. The third-order valence-corrected chi connectivity index (χ3v) is 5.21. The molecule has 0 radical (unpaired) electrons. The molecule has 0 amide bonds. The van der Waals surface area contributed by atoms with Crippen molar-refractivity contribution in [3.05, 3.63) is 31.6 Å². The van der Waals surface area contributed by atoms with Crippen LogP contribution in [0.15, 0.2) is 11.6 Å². The van der Waals surface area contributed by atoms with Gasteiger partial charge in [-0.2, -0.15) is 0 Å². The minimum absolute atomic E-state index is 0.0995. The molecule has 2 heterocycles. The van der Waals surface area contributed by atoms with Crippen molar-refractivity contribution in [3.63, 3.8) is 0 Å². The highest BCUT2D eigenvalue weighted by atomic mass is 35.5. The van der Waals surface area contributed by atoms with Crippen molar-refractivity contribution in [2.24, 2.45) is 0 Å². The van der Waals surface area contributed by atoms with Gasteiger partial charge in [-0.15, -0.1) is 22.7 Å². The second-order valence-corrected chi connectivity index (χ2v) is 7.73. The van der Waals surface area contributed by atoms with Gasteiger partial charge in [0.2, 0.25) is 0 Å². The predicted octanol–water partition coefficient (Wildman–Crippen LogP) is 4.22. The number of rotatable bonds is 5. The molecule has 102 valence electrons. The lowest BCUT2D eigenvalue weighted by atomic mass is 10.2. The third kappa shape index (κ3) is 3.16. The van der Waals surface area contributed by atoms with E-state index in [9.17, 15) is 0 Å². The summed E-state index contributed by atoms with van der Waals surface area (Å²) < 4.78 is 0.734. The third-order valence-electron chi connectivity index (χ3n) is 3.10. The summed E-state index contributed by atoms with van der Waals surface area (Å²) in [7, 11) is 0. The van der Waals surface area contributed by atoms with Gasteiger partial charge in [0.15, 0.2) is 0 Å². The Bertz CT molecular complexity index is 560. The molecule has 0 spiro atoms. The van der Waals surface area contributed by atoms with Crippen molar-refractivity contribution < 1.29 is 0 Å². The maximum absolute atomic E-state index is 6.01. The van der Waals surface area contributed by atoms with Gasteiger partial charge in [0, 0.05) is 11.4 Å². The molecule has 3 nitrogen and oxygen atoms in total. The monoisotopic (exact) mass is 313 g/mol. The maximum Gasteiger partial charge on any atom is 0.118 e. The summed E-state index contributed by atoms with van der Waals surface area (Å²) in [6, 6.07) is 0.710. The Morgan fingerprint density at radius 3 is 2.68 bits per heavy atom. The van der Waals surface area contributed by atoms with E-state index in [1.54, 1.807) is 17.5 Å². The first-order valence-corrected chi connectivity index (χ1v) is 8.53. The van der Waals surface area contributed by atoms with Gasteiger partial charge in [0.05, 0.1) is 11.9 Å². The largest absolute Gasteiger partial charge is 0.299 e. The molecule has 19 heavy (non-hydrogen) atoms. The fourth-order valence-electron chi connectivity index (χ4n) is 1.83. The van der Waals surface area contributed by atoms with Gasteiger partial charge in [-0.05, 0) is 18.8 Å². The van der Waals surface area contributed by atoms with Crippen LogP contribution in [0.4, 0.5) is 0 Å². The molecule has 1 N–H and O–H groups in total. The predicted molar refractivity (Wildman–Crippen MR) is 81.3 cm³/mol. The molecule has 0 bridgehead atoms. The zero-order chi connectivity index (χ0) is 13.4. The average molecular weight is 314 g/mol. The molecular formula is C13H16ClN3S2. The quantitative estimate of drug-likeness (QED) is 0.898. The normalized spacial score (nSPS) is 17.1. The highest BCUT2D eigenvalue weighted by Crippen LogP contribution is 2.34. The molecule has 2 aromatic heterocycles. The molecule has 2 aromatic rings. The number of aromatic nitrogens is 2. The van der Waals surface area contributed by atoms with Crippen LogP contribution in [0.25, 0.3) is 0 Å². The van der Waals surface area contributed by atoms with E-state index in [-0.39, 0.29) is 6.04 Å². The van der Waals surface area contributed by atoms with Crippen LogP contribution < -0.4 is 5.32 Å². The van der Waals surface area contributed by atoms with Gasteiger partial charge in [-0.3, -0.25) is 5.32 Å². The standard InChI is InChI=1S/C13H16ClN3S2/c1-7(2)9-6-18-13(17-9)11(16-8-3-4-8)12-15-5-10(14)19-12/h5-8,11,16H,3-4H2,1-2H3. The fourth-order valence-corrected chi connectivity index (χ4v) is 3.94. The molecule has 1 unspecified atom stereocenters. The van der Waals surface area contributed by atoms with Gasteiger partial charge in [-0.25, -0.2) is 9.97 Å². The second kappa shape index (κ2) is 5.48. The van der Waals surface area contributed by atoms with E-state index in [1.165, 1.54) is 24.2 Å². The summed E-state index contributed by atoms with van der Waals surface area (Å²) >= 11 is 9.26. The molecule has 1 aliphatic carbocycles. The van der Waals surface area contributed by atoms with Crippen LogP contribution in [-0.4, -0.2) is 16.0 Å². The SMILES string of the molecule is CC(C)c1csc(C(NC2CC2)c2ncc(Cl)s2)n1. The number of hydrogen-bond acceptors (Lipinski definition) is 5. The van der Waals surface area contributed by atoms with Crippen molar-refractivity contribution in [2.75, 3.05) is 0 Å². The number of halogens is 1. The van der Waals surface area contributed by atoms with Gasteiger partial charge >= 0.3 is 0 Å². The van der Waals surface area contributed by atoms with Crippen LogP contribution in [0.2, 0.25) is 4.34 Å². The van der Waals surface area contributed by atoms with Crippen molar-refractivity contribution in [3.8, 4) is 0 Å². The molecule has 3 rings (SSSR count). The van der Waals surface area contributed by atoms with E-state index in [0.717, 1.165) is 20.0 Å². The first-order valence-electron chi connectivity index (χ1n) is 6.46. The zero-order valence-electron chi connectivity index (χ0n) is 10.9. The maximum atomic E-state index is 6.01. The number of nitrogens with zero attached hydrogens (tertiary/aromatic N) is 2. The topological polar surface area (TPSA) is 37.8 Å². The first-order chi connectivity index (χ1) is 9.13. The van der Waals surface area contributed by atoms with Crippen LogP contribution in [-0.2, 0) is 0 Å². The summed E-state index contributed by atoms with van der Waals surface area (Å²) in [6.07, 6.45) is 4.22. The first kappa shape index (κ1) is 13.5. The highest BCUT2D eigenvalue weighted by Gasteiger charge is 2.29. The molecule has 0 aromatic carbocycles. The Balaban J connectivity index is 1.88. The van der Waals surface area contributed by atoms with Gasteiger partial charge in [-0.1, -0.05) is 25.4 Å². The summed E-state index contributed by atoms with van der Waals surface area (Å²) in [6.45, 7) is 4.34. The highest BCUT2D eigenvalue weighted by molar-refractivity contribution is 7.16. The lowest BCUT2D eigenvalue weighted by Gasteiger charge is -2.13. The molecular weight excluding hydrogens is 298 g/mol. The Labute approximate surface area is 126 Å². The molecule has 6 heteroatoms.